The maximum atomic E-state index is 14.3. The van der Waals surface area contributed by atoms with Crippen LogP contribution in [0.2, 0.25) is 0 Å². The van der Waals surface area contributed by atoms with E-state index in [4.69, 9.17) is 10.4 Å². The first kappa shape index (κ1) is 26.8. The van der Waals surface area contributed by atoms with Crippen LogP contribution in [-0.2, 0) is 0 Å². The SMILES string of the molecule is CC(C)(O)[C@H](F)CNC(=O)c1cnc(-c2ccc3cc(C#N)cnn23)cc1N[C@H]1CC[C@H](NC(=O)O)CC1. The number of amides is 2. The van der Waals surface area contributed by atoms with Crippen molar-refractivity contribution >= 4 is 23.2 Å². The van der Waals surface area contributed by atoms with Crippen molar-refractivity contribution in [1.82, 2.24) is 25.2 Å². The third-order valence-electron chi connectivity index (χ3n) is 6.66. The van der Waals surface area contributed by atoms with Gasteiger partial charge < -0.3 is 26.2 Å². The van der Waals surface area contributed by atoms with Gasteiger partial charge in [0.25, 0.3) is 5.91 Å². The minimum Gasteiger partial charge on any atom is -0.465 e. The molecule has 1 fully saturated rings. The molecule has 1 aliphatic rings. The van der Waals surface area contributed by atoms with Crippen molar-refractivity contribution in [2.75, 3.05) is 11.9 Å². The number of nitrogens with one attached hydrogen (secondary N) is 3. The zero-order valence-corrected chi connectivity index (χ0v) is 21.1. The number of pyridine rings is 1. The van der Waals surface area contributed by atoms with E-state index in [1.54, 1.807) is 16.6 Å². The zero-order valence-electron chi connectivity index (χ0n) is 21.1. The summed E-state index contributed by atoms with van der Waals surface area (Å²) in [6, 6.07) is 8.97. The summed E-state index contributed by atoms with van der Waals surface area (Å²) in [5.41, 5.74) is 1.42. The number of halogens is 1. The molecule has 38 heavy (non-hydrogen) atoms. The highest BCUT2D eigenvalue weighted by Crippen LogP contribution is 2.29. The van der Waals surface area contributed by atoms with E-state index in [2.05, 4.69) is 32.1 Å². The Balaban J connectivity index is 1.61. The fourth-order valence-corrected chi connectivity index (χ4v) is 4.45. The quantitative estimate of drug-likeness (QED) is 0.300. The van der Waals surface area contributed by atoms with Crippen molar-refractivity contribution in [3.8, 4) is 17.5 Å². The van der Waals surface area contributed by atoms with Gasteiger partial charge in [-0.3, -0.25) is 9.78 Å². The minimum atomic E-state index is -1.66. The topological polar surface area (TPSA) is 165 Å². The van der Waals surface area contributed by atoms with E-state index in [0.717, 1.165) is 0 Å². The lowest BCUT2D eigenvalue weighted by molar-refractivity contribution is -0.00177. The number of nitrogens with zero attached hydrogens (tertiary/aromatic N) is 4. The molecular weight excluding hydrogens is 493 g/mol. The van der Waals surface area contributed by atoms with E-state index in [1.165, 1.54) is 26.2 Å². The molecule has 4 rings (SSSR count). The molecule has 3 heterocycles. The summed E-state index contributed by atoms with van der Waals surface area (Å²) in [6.45, 7) is 2.29. The maximum absolute atomic E-state index is 14.3. The van der Waals surface area contributed by atoms with Crippen LogP contribution in [0.3, 0.4) is 0 Å². The van der Waals surface area contributed by atoms with Gasteiger partial charge in [0.1, 0.15) is 12.2 Å². The average Bonchev–Trinajstić information content (AvgIpc) is 3.30. The van der Waals surface area contributed by atoms with Gasteiger partial charge in [-0.15, -0.1) is 0 Å². The number of aromatic nitrogens is 3. The van der Waals surface area contributed by atoms with Crippen molar-refractivity contribution in [2.24, 2.45) is 0 Å². The lowest BCUT2D eigenvalue weighted by atomic mass is 9.91. The Hall–Kier alpha value is -4.24. The molecule has 0 spiro atoms. The summed E-state index contributed by atoms with van der Waals surface area (Å²) in [6.07, 6.45) is 2.81. The molecule has 0 radical (unpaired) electrons. The van der Waals surface area contributed by atoms with E-state index in [9.17, 15) is 19.1 Å². The summed E-state index contributed by atoms with van der Waals surface area (Å²) in [5.74, 6) is -0.545. The van der Waals surface area contributed by atoms with Gasteiger partial charge in [0.15, 0.2) is 0 Å². The number of rotatable bonds is 8. The van der Waals surface area contributed by atoms with Crippen molar-refractivity contribution in [3.63, 3.8) is 0 Å². The number of fused-ring (bicyclic) bond motifs is 1. The number of carbonyl (C=O) groups is 2. The van der Waals surface area contributed by atoms with Crippen molar-refractivity contribution < 1.29 is 24.2 Å². The second kappa shape index (κ2) is 11.0. The van der Waals surface area contributed by atoms with Gasteiger partial charge in [0.05, 0.1) is 52.1 Å². The monoisotopic (exact) mass is 523 g/mol. The van der Waals surface area contributed by atoms with Crippen LogP contribution in [0.15, 0.2) is 36.7 Å². The lowest BCUT2D eigenvalue weighted by Crippen LogP contribution is -2.42. The molecule has 2 amide bonds. The van der Waals surface area contributed by atoms with E-state index < -0.39 is 23.8 Å². The predicted molar refractivity (Wildman–Crippen MR) is 137 cm³/mol. The smallest absolute Gasteiger partial charge is 0.404 e. The lowest BCUT2D eigenvalue weighted by Gasteiger charge is -2.30. The zero-order chi connectivity index (χ0) is 27.4. The van der Waals surface area contributed by atoms with Crippen LogP contribution < -0.4 is 16.0 Å². The molecule has 1 aliphatic carbocycles. The van der Waals surface area contributed by atoms with Gasteiger partial charge in [-0.1, -0.05) is 0 Å². The summed E-state index contributed by atoms with van der Waals surface area (Å²) < 4.78 is 15.9. The molecule has 5 N–H and O–H groups in total. The number of nitriles is 1. The number of alkyl halides is 1. The van der Waals surface area contributed by atoms with Gasteiger partial charge in [-0.05, 0) is 63.8 Å². The van der Waals surface area contributed by atoms with Crippen LogP contribution >= 0.6 is 0 Å². The van der Waals surface area contributed by atoms with Crippen LogP contribution in [0, 0.1) is 11.3 Å². The van der Waals surface area contributed by atoms with Crippen molar-refractivity contribution in [2.45, 2.75) is 63.4 Å². The van der Waals surface area contributed by atoms with Crippen LogP contribution in [-0.4, -0.2) is 67.2 Å². The van der Waals surface area contributed by atoms with Crippen LogP contribution in [0.25, 0.3) is 16.9 Å². The Kier molecular flexibility index (Phi) is 7.78. The highest BCUT2D eigenvalue weighted by molar-refractivity contribution is 6.00. The van der Waals surface area contributed by atoms with E-state index in [0.29, 0.717) is 53.8 Å². The Morgan fingerprint density at radius 3 is 2.58 bits per heavy atom. The van der Waals surface area contributed by atoms with Crippen LogP contribution in [0.5, 0.6) is 0 Å². The molecule has 0 bridgehead atoms. The molecule has 0 aliphatic heterocycles. The number of anilines is 1. The maximum Gasteiger partial charge on any atom is 0.404 e. The van der Waals surface area contributed by atoms with Gasteiger partial charge in [0.2, 0.25) is 0 Å². The van der Waals surface area contributed by atoms with Gasteiger partial charge in [0, 0.05) is 18.3 Å². The fraction of sp³-hybridized carbons (Fsp3) is 0.423. The molecule has 200 valence electrons. The first-order valence-electron chi connectivity index (χ1n) is 12.3. The van der Waals surface area contributed by atoms with E-state index >= 15 is 0 Å². The molecule has 11 nitrogen and oxygen atoms in total. The molecule has 12 heteroatoms. The minimum absolute atomic E-state index is 0.0192. The third kappa shape index (κ3) is 6.18. The normalized spacial score (nSPS) is 18.4. The van der Waals surface area contributed by atoms with Gasteiger partial charge in [-0.2, -0.15) is 10.4 Å². The summed E-state index contributed by atoms with van der Waals surface area (Å²) in [4.78, 5) is 28.5. The number of aliphatic hydroxyl groups is 1. The molecule has 0 aromatic carbocycles. The largest absolute Gasteiger partial charge is 0.465 e. The molecule has 0 unspecified atom stereocenters. The molecule has 3 aromatic heterocycles. The molecular formula is C26H30FN7O4. The molecule has 1 atom stereocenters. The molecule has 1 saturated carbocycles. The highest BCUT2D eigenvalue weighted by Gasteiger charge is 2.28. The van der Waals surface area contributed by atoms with Gasteiger partial charge in [-0.25, -0.2) is 13.7 Å². The Morgan fingerprint density at radius 1 is 1.21 bits per heavy atom. The second-order valence-electron chi connectivity index (χ2n) is 10.0. The number of hydrogen-bond donors (Lipinski definition) is 5. The van der Waals surface area contributed by atoms with Crippen molar-refractivity contribution in [3.05, 3.63) is 47.8 Å². The number of carbonyl (C=O) groups excluding carboxylic acids is 1. The number of hydrogen-bond acceptors (Lipinski definition) is 7. The second-order valence-corrected chi connectivity index (χ2v) is 10.0. The van der Waals surface area contributed by atoms with Gasteiger partial charge >= 0.3 is 6.09 Å². The van der Waals surface area contributed by atoms with Crippen molar-refractivity contribution in [1.29, 1.82) is 5.26 Å². The molecule has 3 aromatic rings. The number of carboxylic acid groups (broad SMARTS) is 1. The first-order chi connectivity index (χ1) is 18.0. The Labute approximate surface area is 218 Å². The Bertz CT molecular complexity index is 1370. The predicted octanol–water partition coefficient (Wildman–Crippen LogP) is 3.10. The summed E-state index contributed by atoms with van der Waals surface area (Å²) >= 11 is 0. The first-order valence-corrected chi connectivity index (χ1v) is 12.3. The Morgan fingerprint density at radius 2 is 1.92 bits per heavy atom. The summed E-state index contributed by atoms with van der Waals surface area (Å²) in [7, 11) is 0. The van der Waals surface area contributed by atoms with Crippen LogP contribution in [0.1, 0.15) is 55.5 Å². The van der Waals surface area contributed by atoms with E-state index in [-0.39, 0.29) is 24.2 Å². The van der Waals surface area contributed by atoms with E-state index in [1.807, 2.05) is 12.1 Å². The highest BCUT2D eigenvalue weighted by atomic mass is 19.1. The third-order valence-corrected chi connectivity index (χ3v) is 6.66. The standard InChI is InChI=1S/C26H30FN7O4/c1-26(2,38)23(27)14-30-24(35)19-13-29-21(22-8-7-18-9-15(11-28)12-31-34(18)22)10-20(19)32-16-3-5-17(6-4-16)33-25(36)37/h7-10,12-13,16-17,23,33,38H,3-6,14H2,1-2H3,(H,29,32)(H,30,35)(H,36,37)/t16-,17-,23-/m1/s1. The summed E-state index contributed by atoms with van der Waals surface area (Å²) in [5, 5.41) is 40.8. The van der Waals surface area contributed by atoms with Crippen LogP contribution in [0.4, 0.5) is 14.9 Å². The average molecular weight is 524 g/mol. The fourth-order valence-electron chi connectivity index (χ4n) is 4.45. The molecule has 0 saturated heterocycles.